The quantitative estimate of drug-likeness (QED) is 0.629. The van der Waals surface area contributed by atoms with Crippen LogP contribution in [0.3, 0.4) is 0 Å². The van der Waals surface area contributed by atoms with E-state index in [2.05, 4.69) is 49.3 Å². The van der Waals surface area contributed by atoms with E-state index < -0.39 is 0 Å². The molecule has 0 fully saturated rings. The Morgan fingerprint density at radius 3 is 2.92 bits per heavy atom. The smallest absolute Gasteiger partial charge is 0.0959 e. The summed E-state index contributed by atoms with van der Waals surface area (Å²) in [6.45, 7) is 4.28. The van der Waals surface area contributed by atoms with Crippen LogP contribution in [-0.2, 0) is 0 Å². The molecule has 0 aliphatic carbocycles. The second-order valence-electron chi connectivity index (χ2n) is 3.45. The van der Waals surface area contributed by atoms with Gasteiger partial charge in [-0.15, -0.1) is 0 Å². The van der Waals surface area contributed by atoms with Crippen molar-refractivity contribution < 1.29 is 0 Å². The van der Waals surface area contributed by atoms with Crippen molar-refractivity contribution in [1.82, 2.24) is 0 Å². The first-order chi connectivity index (χ1) is 5.68. The van der Waals surface area contributed by atoms with Crippen LogP contribution >= 0.6 is 0 Å². The number of nitrogens with zero attached hydrogens (tertiary/aromatic N) is 1. The summed E-state index contributed by atoms with van der Waals surface area (Å²) in [5, 5.41) is 3.40. The summed E-state index contributed by atoms with van der Waals surface area (Å²) in [6, 6.07) is 6.49. The van der Waals surface area contributed by atoms with Gasteiger partial charge >= 0.3 is 0 Å². The second kappa shape index (κ2) is 2.41. The maximum atomic E-state index is 3.40. The number of hydrogen-bond donors (Lipinski definition) is 1. The number of rotatable bonds is 0. The Bertz CT molecular complexity index is 307. The lowest BCUT2D eigenvalue weighted by molar-refractivity contribution is 0.806. The average Bonchev–Trinajstić information content (AvgIpc) is 2.31. The molecule has 0 saturated carbocycles. The highest BCUT2D eigenvalue weighted by Crippen LogP contribution is 2.33. The summed E-state index contributed by atoms with van der Waals surface area (Å²) in [4.78, 5) is 2.25. The van der Waals surface area contributed by atoms with Crippen molar-refractivity contribution in [3.63, 3.8) is 0 Å². The van der Waals surface area contributed by atoms with Gasteiger partial charge < -0.3 is 10.2 Å². The van der Waals surface area contributed by atoms with Gasteiger partial charge in [-0.05, 0) is 31.5 Å². The number of hydrogen-bond acceptors (Lipinski definition) is 2. The van der Waals surface area contributed by atoms with E-state index in [9.17, 15) is 0 Å². The number of aryl methyl sites for hydroxylation is 1. The molecule has 1 atom stereocenters. The molecule has 1 aromatic carbocycles. The topological polar surface area (TPSA) is 15.3 Å². The van der Waals surface area contributed by atoms with Gasteiger partial charge in [0.15, 0.2) is 0 Å². The van der Waals surface area contributed by atoms with Crippen LogP contribution in [0.25, 0.3) is 0 Å². The Hall–Kier alpha value is -1.18. The predicted molar refractivity (Wildman–Crippen MR) is 52.7 cm³/mol. The van der Waals surface area contributed by atoms with Crippen molar-refractivity contribution in [2.24, 2.45) is 0 Å². The Morgan fingerprint density at radius 2 is 2.17 bits per heavy atom. The lowest BCUT2D eigenvalue weighted by Crippen LogP contribution is -2.28. The molecule has 0 amide bonds. The van der Waals surface area contributed by atoms with Gasteiger partial charge in [0.1, 0.15) is 0 Å². The first kappa shape index (κ1) is 7.47. The number of benzene rings is 1. The summed E-state index contributed by atoms with van der Waals surface area (Å²) in [7, 11) is 2.11. The molecule has 0 saturated heterocycles. The van der Waals surface area contributed by atoms with E-state index in [-0.39, 0.29) is 0 Å². The van der Waals surface area contributed by atoms with E-state index in [0.29, 0.717) is 6.17 Å². The second-order valence-corrected chi connectivity index (χ2v) is 3.45. The fraction of sp³-hybridized carbons (Fsp3) is 0.400. The van der Waals surface area contributed by atoms with Crippen molar-refractivity contribution in [2.45, 2.75) is 20.0 Å². The SMILES string of the molecule is Cc1ccc2c(c1)N(C)C(C)N2. The summed E-state index contributed by atoms with van der Waals surface area (Å²) in [5.41, 5.74) is 3.87. The normalized spacial score (nSPS) is 20.6. The van der Waals surface area contributed by atoms with Crippen LogP contribution < -0.4 is 10.2 Å². The zero-order valence-electron chi connectivity index (χ0n) is 7.76. The third kappa shape index (κ3) is 0.951. The molecule has 64 valence electrons. The van der Waals surface area contributed by atoms with E-state index in [1.54, 1.807) is 0 Å². The molecule has 0 bridgehead atoms. The summed E-state index contributed by atoms with van der Waals surface area (Å²) in [6.07, 6.45) is 0.418. The molecule has 1 unspecified atom stereocenters. The molecule has 2 heteroatoms. The minimum absolute atomic E-state index is 0.418. The molecular formula is C10H14N2. The highest BCUT2D eigenvalue weighted by atomic mass is 15.3. The fourth-order valence-corrected chi connectivity index (χ4v) is 1.59. The van der Waals surface area contributed by atoms with Gasteiger partial charge in [0.2, 0.25) is 0 Å². The fourth-order valence-electron chi connectivity index (χ4n) is 1.59. The Kier molecular flexibility index (Phi) is 1.50. The number of fused-ring (bicyclic) bond motifs is 1. The monoisotopic (exact) mass is 162 g/mol. The third-order valence-electron chi connectivity index (χ3n) is 2.48. The van der Waals surface area contributed by atoms with Gasteiger partial charge in [-0.1, -0.05) is 6.07 Å². The molecule has 1 aromatic rings. The van der Waals surface area contributed by atoms with Crippen LogP contribution in [0.1, 0.15) is 12.5 Å². The lowest BCUT2D eigenvalue weighted by Gasteiger charge is -2.17. The maximum absolute atomic E-state index is 3.40. The first-order valence-electron chi connectivity index (χ1n) is 4.28. The zero-order valence-corrected chi connectivity index (χ0v) is 7.76. The van der Waals surface area contributed by atoms with Crippen molar-refractivity contribution in [1.29, 1.82) is 0 Å². The van der Waals surface area contributed by atoms with Gasteiger partial charge in [0, 0.05) is 7.05 Å². The molecular weight excluding hydrogens is 148 g/mol. The molecule has 12 heavy (non-hydrogen) atoms. The van der Waals surface area contributed by atoms with Crippen LogP contribution in [0.5, 0.6) is 0 Å². The van der Waals surface area contributed by atoms with Crippen molar-refractivity contribution >= 4 is 11.4 Å². The average molecular weight is 162 g/mol. The zero-order chi connectivity index (χ0) is 8.72. The highest BCUT2D eigenvalue weighted by molar-refractivity contribution is 5.76. The van der Waals surface area contributed by atoms with Crippen LogP contribution in [0.2, 0.25) is 0 Å². The van der Waals surface area contributed by atoms with E-state index in [4.69, 9.17) is 0 Å². The molecule has 2 nitrogen and oxygen atoms in total. The lowest BCUT2D eigenvalue weighted by atomic mass is 10.2. The highest BCUT2D eigenvalue weighted by Gasteiger charge is 2.20. The van der Waals surface area contributed by atoms with E-state index in [0.717, 1.165) is 0 Å². The van der Waals surface area contributed by atoms with Gasteiger partial charge in [-0.2, -0.15) is 0 Å². The van der Waals surface area contributed by atoms with Gasteiger partial charge in [-0.3, -0.25) is 0 Å². The first-order valence-corrected chi connectivity index (χ1v) is 4.28. The number of nitrogens with one attached hydrogen (secondary N) is 1. The van der Waals surface area contributed by atoms with Crippen molar-refractivity contribution in [3.8, 4) is 0 Å². The van der Waals surface area contributed by atoms with Crippen LogP contribution in [-0.4, -0.2) is 13.2 Å². The third-order valence-corrected chi connectivity index (χ3v) is 2.48. The molecule has 1 heterocycles. The summed E-state index contributed by atoms with van der Waals surface area (Å²) < 4.78 is 0. The Balaban J connectivity index is 2.48. The molecule has 0 spiro atoms. The minimum Gasteiger partial charge on any atom is -0.364 e. The molecule has 1 aliphatic rings. The van der Waals surface area contributed by atoms with E-state index >= 15 is 0 Å². The largest absolute Gasteiger partial charge is 0.364 e. The summed E-state index contributed by atoms with van der Waals surface area (Å²) in [5.74, 6) is 0. The molecule has 0 aromatic heterocycles. The molecule has 2 rings (SSSR count). The predicted octanol–water partition coefficient (Wildman–Crippen LogP) is 2.20. The summed E-state index contributed by atoms with van der Waals surface area (Å²) >= 11 is 0. The standard InChI is InChI=1S/C10H14N2/c1-7-4-5-9-10(6-7)12(3)8(2)11-9/h4-6,8,11H,1-3H3. The van der Waals surface area contributed by atoms with Gasteiger partial charge in [0.05, 0.1) is 17.5 Å². The van der Waals surface area contributed by atoms with Crippen molar-refractivity contribution in [3.05, 3.63) is 23.8 Å². The maximum Gasteiger partial charge on any atom is 0.0959 e. The molecule has 1 N–H and O–H groups in total. The van der Waals surface area contributed by atoms with Crippen LogP contribution in [0.4, 0.5) is 11.4 Å². The van der Waals surface area contributed by atoms with Gasteiger partial charge in [-0.25, -0.2) is 0 Å². The Labute approximate surface area is 73.2 Å². The van der Waals surface area contributed by atoms with Crippen LogP contribution in [0, 0.1) is 6.92 Å². The number of anilines is 2. The molecule has 0 radical (unpaired) electrons. The van der Waals surface area contributed by atoms with Crippen LogP contribution in [0.15, 0.2) is 18.2 Å². The van der Waals surface area contributed by atoms with Gasteiger partial charge in [0.25, 0.3) is 0 Å². The van der Waals surface area contributed by atoms with Crippen molar-refractivity contribution in [2.75, 3.05) is 17.3 Å². The van der Waals surface area contributed by atoms with E-state index in [1.165, 1.54) is 16.9 Å². The minimum atomic E-state index is 0.418. The Morgan fingerprint density at radius 1 is 1.42 bits per heavy atom. The molecule has 1 aliphatic heterocycles. The van der Waals surface area contributed by atoms with E-state index in [1.807, 2.05) is 0 Å².